The second kappa shape index (κ2) is 6.96. The second-order valence-corrected chi connectivity index (χ2v) is 7.16. The van der Waals surface area contributed by atoms with E-state index in [0.717, 1.165) is 13.0 Å². The van der Waals surface area contributed by atoms with Crippen molar-refractivity contribution in [3.8, 4) is 0 Å². The lowest BCUT2D eigenvalue weighted by Gasteiger charge is -2.36. The van der Waals surface area contributed by atoms with E-state index in [4.69, 9.17) is 0 Å². The fourth-order valence-corrected chi connectivity index (χ4v) is 3.68. The highest BCUT2D eigenvalue weighted by atomic mass is 16.2. The van der Waals surface area contributed by atoms with E-state index in [1.807, 2.05) is 12.1 Å². The number of rotatable bonds is 3. The van der Waals surface area contributed by atoms with Gasteiger partial charge in [0.2, 0.25) is 0 Å². The first-order valence-electron chi connectivity index (χ1n) is 9.04. The third-order valence-electron chi connectivity index (χ3n) is 5.25. The van der Waals surface area contributed by atoms with Crippen LogP contribution in [0.5, 0.6) is 0 Å². The van der Waals surface area contributed by atoms with Crippen molar-refractivity contribution in [3.63, 3.8) is 0 Å². The van der Waals surface area contributed by atoms with Crippen LogP contribution in [0.4, 0.5) is 0 Å². The number of carbonyl (C=O) groups excluding carboxylic acids is 1. The molecule has 4 rings (SSSR count). The molecule has 0 spiro atoms. The molecule has 0 saturated carbocycles. The Bertz CT molecular complexity index is 1060. The molecule has 0 radical (unpaired) electrons. The maximum absolute atomic E-state index is 12.9. The van der Waals surface area contributed by atoms with Crippen LogP contribution in [-0.4, -0.2) is 52.4 Å². The first kappa shape index (κ1) is 17.4. The Kier molecular flexibility index (Phi) is 4.49. The van der Waals surface area contributed by atoms with Gasteiger partial charge in [-0.05, 0) is 36.7 Å². The van der Waals surface area contributed by atoms with Crippen LogP contribution in [-0.2, 0) is 13.0 Å². The summed E-state index contributed by atoms with van der Waals surface area (Å²) < 4.78 is 0. The molecule has 0 aliphatic carbocycles. The Morgan fingerprint density at radius 1 is 1.19 bits per heavy atom. The average Bonchev–Trinajstić information content (AvgIpc) is 2.67. The zero-order chi connectivity index (χ0) is 19.0. The van der Waals surface area contributed by atoms with Gasteiger partial charge in [-0.25, -0.2) is 4.98 Å². The number of aromatic nitrogens is 2. The molecule has 1 aliphatic heterocycles. The molecule has 1 atom stereocenters. The van der Waals surface area contributed by atoms with Crippen LogP contribution in [0.25, 0.3) is 11.0 Å². The number of benzene rings is 2. The Morgan fingerprint density at radius 2 is 1.89 bits per heavy atom. The predicted octanol–water partition coefficient (Wildman–Crippen LogP) is 2.05. The van der Waals surface area contributed by atoms with Crippen molar-refractivity contribution in [2.24, 2.45) is 0 Å². The minimum atomic E-state index is -0.451. The molecule has 0 saturated heterocycles. The molecular weight excluding hydrogens is 340 g/mol. The SMILES string of the molecule is CN(CC1Cc2ccccc2CN1C)C(=O)c1nc2ccccc2[nH]c1=O. The zero-order valence-electron chi connectivity index (χ0n) is 15.5. The van der Waals surface area contributed by atoms with E-state index in [1.165, 1.54) is 11.1 Å². The van der Waals surface area contributed by atoms with Crippen molar-refractivity contribution in [2.45, 2.75) is 19.0 Å². The molecule has 1 aliphatic rings. The summed E-state index contributed by atoms with van der Waals surface area (Å²) in [7, 11) is 3.80. The van der Waals surface area contributed by atoms with E-state index in [0.29, 0.717) is 17.6 Å². The van der Waals surface area contributed by atoms with Crippen molar-refractivity contribution < 1.29 is 4.79 Å². The summed E-state index contributed by atoms with van der Waals surface area (Å²) in [6.45, 7) is 1.40. The van der Waals surface area contributed by atoms with Crippen molar-refractivity contribution in [1.29, 1.82) is 0 Å². The van der Waals surface area contributed by atoms with Crippen molar-refractivity contribution in [3.05, 3.63) is 75.7 Å². The fourth-order valence-electron chi connectivity index (χ4n) is 3.68. The highest BCUT2D eigenvalue weighted by Crippen LogP contribution is 2.22. The van der Waals surface area contributed by atoms with Crippen LogP contribution in [0.1, 0.15) is 21.6 Å². The molecule has 6 nitrogen and oxygen atoms in total. The number of nitrogens with zero attached hydrogens (tertiary/aromatic N) is 3. The van der Waals surface area contributed by atoms with Crippen LogP contribution in [0.15, 0.2) is 53.3 Å². The van der Waals surface area contributed by atoms with Crippen LogP contribution in [0.2, 0.25) is 0 Å². The Morgan fingerprint density at radius 3 is 2.70 bits per heavy atom. The third-order valence-corrected chi connectivity index (χ3v) is 5.25. The Balaban J connectivity index is 1.55. The van der Waals surface area contributed by atoms with Gasteiger partial charge in [0.25, 0.3) is 11.5 Å². The topological polar surface area (TPSA) is 69.3 Å². The molecule has 138 valence electrons. The van der Waals surface area contributed by atoms with Gasteiger partial charge in [0.15, 0.2) is 5.69 Å². The molecule has 1 N–H and O–H groups in total. The summed E-state index contributed by atoms with van der Waals surface area (Å²) in [4.78, 5) is 36.1. The molecule has 0 bridgehead atoms. The molecule has 2 heterocycles. The third kappa shape index (κ3) is 3.36. The van der Waals surface area contributed by atoms with E-state index >= 15 is 0 Å². The first-order chi connectivity index (χ1) is 13.0. The summed E-state index contributed by atoms with van der Waals surface area (Å²) in [5, 5.41) is 0. The normalized spacial score (nSPS) is 16.9. The first-order valence-corrected chi connectivity index (χ1v) is 9.04. The maximum atomic E-state index is 12.9. The summed E-state index contributed by atoms with van der Waals surface area (Å²) >= 11 is 0. The average molecular weight is 362 g/mol. The molecule has 1 amide bonds. The number of carbonyl (C=O) groups is 1. The minimum Gasteiger partial charge on any atom is -0.339 e. The van der Waals surface area contributed by atoms with Gasteiger partial charge in [0.1, 0.15) is 0 Å². The molecule has 2 aromatic carbocycles. The van der Waals surface area contributed by atoms with Gasteiger partial charge in [-0.3, -0.25) is 14.5 Å². The highest BCUT2D eigenvalue weighted by molar-refractivity contribution is 5.93. The lowest BCUT2D eigenvalue weighted by Crippen LogP contribution is -2.47. The van der Waals surface area contributed by atoms with Crippen molar-refractivity contribution >= 4 is 16.9 Å². The smallest absolute Gasteiger partial charge is 0.280 e. The monoisotopic (exact) mass is 362 g/mol. The number of likely N-dealkylation sites (N-methyl/N-ethyl adjacent to an activating group) is 2. The fraction of sp³-hybridized carbons (Fsp3) is 0.286. The van der Waals surface area contributed by atoms with E-state index in [-0.39, 0.29) is 17.6 Å². The molecule has 3 aromatic rings. The van der Waals surface area contributed by atoms with Crippen molar-refractivity contribution in [1.82, 2.24) is 19.8 Å². The van der Waals surface area contributed by atoms with Gasteiger partial charge in [-0.2, -0.15) is 0 Å². The van der Waals surface area contributed by atoms with Crippen LogP contribution < -0.4 is 5.56 Å². The van der Waals surface area contributed by atoms with E-state index < -0.39 is 5.56 Å². The maximum Gasteiger partial charge on any atom is 0.280 e. The van der Waals surface area contributed by atoms with E-state index in [2.05, 4.69) is 46.2 Å². The van der Waals surface area contributed by atoms with Gasteiger partial charge in [0, 0.05) is 26.2 Å². The molecule has 1 unspecified atom stereocenters. The summed E-state index contributed by atoms with van der Waals surface area (Å²) in [6.07, 6.45) is 0.881. The van der Waals surface area contributed by atoms with E-state index in [9.17, 15) is 9.59 Å². The highest BCUT2D eigenvalue weighted by Gasteiger charge is 2.27. The number of aromatic amines is 1. The number of para-hydroxylation sites is 2. The predicted molar refractivity (Wildman–Crippen MR) is 105 cm³/mol. The standard InChI is InChI=1S/C21H22N4O2/c1-24-12-15-8-4-3-7-14(15)11-16(24)13-25(2)21(27)19-20(26)23-18-10-6-5-9-17(18)22-19/h3-10,16H,11-13H2,1-2H3,(H,23,26). The minimum absolute atomic E-state index is 0.0601. The summed E-state index contributed by atoms with van der Waals surface area (Å²) in [6, 6.07) is 15.8. The molecule has 0 fully saturated rings. The lowest BCUT2D eigenvalue weighted by atomic mass is 9.94. The number of fused-ring (bicyclic) bond motifs is 2. The molecule has 27 heavy (non-hydrogen) atoms. The number of nitrogens with one attached hydrogen (secondary N) is 1. The summed E-state index contributed by atoms with van der Waals surface area (Å²) in [5.41, 5.74) is 3.38. The number of hydrogen-bond acceptors (Lipinski definition) is 4. The number of H-pyrrole nitrogens is 1. The summed E-state index contributed by atoms with van der Waals surface area (Å²) in [5.74, 6) is -0.353. The van der Waals surface area contributed by atoms with Gasteiger partial charge >= 0.3 is 0 Å². The van der Waals surface area contributed by atoms with Crippen LogP contribution >= 0.6 is 0 Å². The van der Waals surface area contributed by atoms with Crippen LogP contribution in [0, 0.1) is 0 Å². The quantitative estimate of drug-likeness (QED) is 0.774. The van der Waals surface area contributed by atoms with Gasteiger partial charge in [-0.15, -0.1) is 0 Å². The number of amides is 1. The lowest BCUT2D eigenvalue weighted by molar-refractivity contribution is 0.0726. The Labute approximate surface area is 157 Å². The molecular formula is C21H22N4O2. The van der Waals surface area contributed by atoms with Gasteiger partial charge < -0.3 is 9.88 Å². The van der Waals surface area contributed by atoms with Crippen molar-refractivity contribution in [2.75, 3.05) is 20.6 Å². The number of hydrogen-bond donors (Lipinski definition) is 1. The largest absolute Gasteiger partial charge is 0.339 e. The van der Waals surface area contributed by atoms with Crippen LogP contribution in [0.3, 0.4) is 0 Å². The molecule has 1 aromatic heterocycles. The van der Waals surface area contributed by atoms with E-state index in [1.54, 1.807) is 24.1 Å². The van der Waals surface area contributed by atoms with Gasteiger partial charge in [-0.1, -0.05) is 36.4 Å². The van der Waals surface area contributed by atoms with Gasteiger partial charge in [0.05, 0.1) is 11.0 Å². The molecule has 6 heteroatoms. The second-order valence-electron chi connectivity index (χ2n) is 7.16. The Hall–Kier alpha value is -2.99. The zero-order valence-corrected chi connectivity index (χ0v) is 15.5.